The van der Waals surface area contributed by atoms with Gasteiger partial charge in [-0.2, -0.15) is 5.10 Å². The Balaban J connectivity index is 3.11. The highest BCUT2D eigenvalue weighted by molar-refractivity contribution is 5.76. The van der Waals surface area contributed by atoms with Gasteiger partial charge in [0.15, 0.2) is 0 Å². The van der Waals surface area contributed by atoms with E-state index in [-0.39, 0.29) is 5.91 Å². The van der Waals surface area contributed by atoms with Gasteiger partial charge >= 0.3 is 0 Å². The van der Waals surface area contributed by atoms with Crippen molar-refractivity contribution in [2.75, 3.05) is 6.54 Å². The molecule has 0 fully saturated rings. The van der Waals surface area contributed by atoms with Gasteiger partial charge in [0, 0.05) is 19.2 Å². The normalized spacial score (nSPS) is 11.2. The van der Waals surface area contributed by atoms with Crippen molar-refractivity contribution < 1.29 is 4.79 Å². The second-order valence-electron chi connectivity index (χ2n) is 6.07. The average Bonchev–Trinajstić information content (AvgIpc) is 2.52. The Morgan fingerprint density at radius 1 is 0.864 bits per heavy atom. The number of rotatable bonds is 16. The molecule has 0 unspecified atom stereocenters. The Morgan fingerprint density at radius 2 is 1.32 bits per heavy atom. The predicted molar refractivity (Wildman–Crippen MR) is 96.0 cm³/mol. The molecule has 0 aromatic rings. The molecule has 0 atom stereocenters. The highest BCUT2D eigenvalue weighted by Crippen LogP contribution is 2.12. The van der Waals surface area contributed by atoms with E-state index in [1.807, 2.05) is 0 Å². The molecule has 4 heteroatoms. The summed E-state index contributed by atoms with van der Waals surface area (Å²) in [5, 5.41) is 3.72. The first kappa shape index (κ1) is 21.1. The monoisotopic (exact) mass is 311 g/mol. The van der Waals surface area contributed by atoms with E-state index in [0.717, 1.165) is 12.8 Å². The molecular weight excluding hydrogens is 274 g/mol. The number of nitrogens with one attached hydrogen (secondary N) is 1. The minimum Gasteiger partial charge on any atom is -0.326 e. The van der Waals surface area contributed by atoms with Crippen LogP contribution in [0.15, 0.2) is 5.10 Å². The van der Waals surface area contributed by atoms with E-state index in [1.54, 1.807) is 0 Å². The van der Waals surface area contributed by atoms with Crippen molar-refractivity contribution in [3.8, 4) is 0 Å². The number of hydrazone groups is 1. The molecule has 0 rings (SSSR count). The maximum atomic E-state index is 11.4. The molecule has 130 valence electrons. The summed E-state index contributed by atoms with van der Waals surface area (Å²) in [5.74, 6) is -0.00669. The van der Waals surface area contributed by atoms with Crippen molar-refractivity contribution in [2.45, 2.75) is 96.8 Å². The van der Waals surface area contributed by atoms with Crippen LogP contribution in [0.5, 0.6) is 0 Å². The van der Waals surface area contributed by atoms with Crippen molar-refractivity contribution >= 4 is 12.1 Å². The van der Waals surface area contributed by atoms with Crippen molar-refractivity contribution in [3.63, 3.8) is 0 Å². The number of amides is 1. The molecule has 0 aliphatic heterocycles. The summed E-state index contributed by atoms with van der Waals surface area (Å²) in [6.07, 6.45) is 19.3. The van der Waals surface area contributed by atoms with Gasteiger partial charge in [-0.05, 0) is 6.42 Å². The predicted octanol–water partition coefficient (Wildman–Crippen LogP) is 4.53. The molecular formula is C18H37N3O. The Morgan fingerprint density at radius 3 is 1.77 bits per heavy atom. The maximum Gasteiger partial charge on any atom is 0.240 e. The Kier molecular flexibility index (Phi) is 17.4. The molecule has 0 saturated carbocycles. The zero-order chi connectivity index (χ0) is 16.3. The largest absolute Gasteiger partial charge is 0.326 e. The first-order valence-corrected chi connectivity index (χ1v) is 9.31. The molecule has 4 nitrogen and oxygen atoms in total. The summed E-state index contributed by atoms with van der Waals surface area (Å²) in [7, 11) is 0. The van der Waals surface area contributed by atoms with E-state index >= 15 is 0 Å². The fourth-order valence-electron chi connectivity index (χ4n) is 2.53. The summed E-state index contributed by atoms with van der Waals surface area (Å²) in [6, 6.07) is 0. The summed E-state index contributed by atoms with van der Waals surface area (Å²) >= 11 is 0. The zero-order valence-electron chi connectivity index (χ0n) is 14.6. The van der Waals surface area contributed by atoms with Gasteiger partial charge in [-0.3, -0.25) is 4.79 Å². The van der Waals surface area contributed by atoms with Crippen molar-refractivity contribution in [1.82, 2.24) is 5.43 Å². The lowest BCUT2D eigenvalue weighted by atomic mass is 10.0. The maximum absolute atomic E-state index is 11.4. The number of unbranched alkanes of at least 4 members (excludes halogenated alkanes) is 12. The van der Waals surface area contributed by atoms with Gasteiger partial charge in [-0.25, -0.2) is 5.43 Å². The minimum absolute atomic E-state index is 0.00669. The summed E-state index contributed by atoms with van der Waals surface area (Å²) in [6.45, 7) is 2.63. The topological polar surface area (TPSA) is 67.5 Å². The van der Waals surface area contributed by atoms with Gasteiger partial charge in [0.25, 0.3) is 0 Å². The SMILES string of the molecule is CCCCCCCCCCCCCCCC(=O)N/N=C/CN. The summed E-state index contributed by atoms with van der Waals surface area (Å²) < 4.78 is 0. The third-order valence-electron chi connectivity index (χ3n) is 3.89. The summed E-state index contributed by atoms with van der Waals surface area (Å²) in [4.78, 5) is 11.4. The number of carbonyl (C=O) groups is 1. The van der Waals surface area contributed by atoms with E-state index in [4.69, 9.17) is 5.73 Å². The third-order valence-corrected chi connectivity index (χ3v) is 3.89. The van der Waals surface area contributed by atoms with Gasteiger partial charge < -0.3 is 5.73 Å². The molecule has 0 aromatic carbocycles. The molecule has 22 heavy (non-hydrogen) atoms. The number of carbonyl (C=O) groups excluding carboxylic acids is 1. The van der Waals surface area contributed by atoms with E-state index in [1.165, 1.54) is 76.8 Å². The molecule has 3 N–H and O–H groups in total. The lowest BCUT2D eigenvalue weighted by molar-refractivity contribution is -0.121. The van der Waals surface area contributed by atoms with Crippen LogP contribution in [0.25, 0.3) is 0 Å². The zero-order valence-corrected chi connectivity index (χ0v) is 14.6. The first-order valence-electron chi connectivity index (χ1n) is 9.31. The second-order valence-corrected chi connectivity index (χ2v) is 6.07. The molecule has 0 bridgehead atoms. The highest BCUT2D eigenvalue weighted by Gasteiger charge is 1.99. The molecule has 0 spiro atoms. The Bertz CT molecular complexity index is 267. The first-order chi connectivity index (χ1) is 10.8. The number of hydrogen-bond acceptors (Lipinski definition) is 3. The van der Waals surface area contributed by atoms with Crippen molar-refractivity contribution in [3.05, 3.63) is 0 Å². The van der Waals surface area contributed by atoms with Crippen LogP contribution in [0.1, 0.15) is 96.8 Å². The molecule has 0 aliphatic rings. The van der Waals surface area contributed by atoms with Crippen molar-refractivity contribution in [2.24, 2.45) is 10.8 Å². The van der Waals surface area contributed by atoms with Crippen LogP contribution in [0.4, 0.5) is 0 Å². The van der Waals surface area contributed by atoms with Crippen LogP contribution in [-0.4, -0.2) is 18.7 Å². The van der Waals surface area contributed by atoms with E-state index in [0.29, 0.717) is 13.0 Å². The van der Waals surface area contributed by atoms with Crippen LogP contribution in [0.3, 0.4) is 0 Å². The van der Waals surface area contributed by atoms with Crippen LogP contribution in [0, 0.1) is 0 Å². The number of hydrogen-bond donors (Lipinski definition) is 2. The molecule has 0 aromatic heterocycles. The van der Waals surface area contributed by atoms with Crippen molar-refractivity contribution in [1.29, 1.82) is 0 Å². The third kappa shape index (κ3) is 17.2. The molecule has 0 saturated heterocycles. The van der Waals surface area contributed by atoms with Crippen LogP contribution in [0.2, 0.25) is 0 Å². The molecule has 1 amide bonds. The van der Waals surface area contributed by atoms with Gasteiger partial charge in [0.1, 0.15) is 0 Å². The summed E-state index contributed by atoms with van der Waals surface area (Å²) in [5.41, 5.74) is 7.72. The lowest BCUT2D eigenvalue weighted by Crippen LogP contribution is -2.17. The van der Waals surface area contributed by atoms with E-state index in [2.05, 4.69) is 17.5 Å². The van der Waals surface area contributed by atoms with Crippen LogP contribution >= 0.6 is 0 Å². The highest BCUT2D eigenvalue weighted by atomic mass is 16.2. The van der Waals surface area contributed by atoms with E-state index < -0.39 is 0 Å². The smallest absolute Gasteiger partial charge is 0.240 e. The number of nitrogens with zero attached hydrogens (tertiary/aromatic N) is 1. The van der Waals surface area contributed by atoms with Gasteiger partial charge in [-0.15, -0.1) is 0 Å². The van der Waals surface area contributed by atoms with Gasteiger partial charge in [0.05, 0.1) is 0 Å². The second kappa shape index (κ2) is 18.1. The van der Waals surface area contributed by atoms with Crippen LogP contribution in [-0.2, 0) is 4.79 Å². The lowest BCUT2D eigenvalue weighted by Gasteiger charge is -2.03. The van der Waals surface area contributed by atoms with Crippen LogP contribution < -0.4 is 11.2 Å². The fraction of sp³-hybridized carbons (Fsp3) is 0.889. The molecule has 0 radical (unpaired) electrons. The van der Waals surface area contributed by atoms with E-state index in [9.17, 15) is 4.79 Å². The molecule has 0 aliphatic carbocycles. The molecule has 0 heterocycles. The minimum atomic E-state index is -0.00669. The Hall–Kier alpha value is -0.900. The fourth-order valence-corrected chi connectivity index (χ4v) is 2.53. The van der Waals surface area contributed by atoms with Gasteiger partial charge in [0.2, 0.25) is 5.91 Å². The Labute approximate surface area is 137 Å². The van der Waals surface area contributed by atoms with Gasteiger partial charge in [-0.1, -0.05) is 84.0 Å². The standard InChI is InChI=1S/C18H37N3O/c1-2-3-4-5-6-7-8-9-10-11-12-13-14-15-18(22)21-20-17-16-19/h17H,2-16,19H2,1H3,(H,21,22)/b20-17+. The number of nitrogens with two attached hydrogens (primary N) is 1. The average molecular weight is 312 g/mol. The quantitative estimate of drug-likeness (QED) is 0.250.